The molecule has 0 bridgehead atoms. The van der Waals surface area contributed by atoms with Crippen LogP contribution in [0, 0.1) is 12.8 Å². The minimum Gasteiger partial charge on any atom is -0.409 e. The Kier molecular flexibility index (Phi) is 5.36. The number of carbonyl (C=O) groups excluding carboxylic acids is 1. The van der Waals surface area contributed by atoms with E-state index in [0.29, 0.717) is 11.3 Å². The first-order chi connectivity index (χ1) is 9.04. The SMILES string of the molecule is CCC(CC)C(=O)Nc1cccc(C)c1/C(N)=N/O. The van der Waals surface area contributed by atoms with E-state index in [0.717, 1.165) is 18.4 Å². The third kappa shape index (κ3) is 3.47. The van der Waals surface area contributed by atoms with E-state index in [-0.39, 0.29) is 17.7 Å². The molecule has 0 heterocycles. The van der Waals surface area contributed by atoms with Crippen LogP contribution in [0.15, 0.2) is 23.4 Å². The maximum absolute atomic E-state index is 12.1. The molecule has 0 aliphatic heterocycles. The van der Waals surface area contributed by atoms with Gasteiger partial charge in [-0.2, -0.15) is 0 Å². The second kappa shape index (κ2) is 6.78. The first kappa shape index (κ1) is 15.0. The molecule has 0 saturated carbocycles. The largest absolute Gasteiger partial charge is 0.409 e. The second-order valence-electron chi connectivity index (χ2n) is 4.49. The normalized spacial score (nSPS) is 11.7. The van der Waals surface area contributed by atoms with Gasteiger partial charge in [-0.25, -0.2) is 0 Å². The molecular formula is C14H21N3O2. The van der Waals surface area contributed by atoms with Gasteiger partial charge in [-0.15, -0.1) is 0 Å². The molecule has 0 radical (unpaired) electrons. The molecule has 0 saturated heterocycles. The Labute approximate surface area is 113 Å². The van der Waals surface area contributed by atoms with Gasteiger partial charge in [0.25, 0.3) is 0 Å². The molecule has 5 heteroatoms. The number of anilines is 1. The summed E-state index contributed by atoms with van der Waals surface area (Å²) < 4.78 is 0. The summed E-state index contributed by atoms with van der Waals surface area (Å²) >= 11 is 0. The minimum absolute atomic E-state index is 0.00190. The number of nitrogens with zero attached hydrogens (tertiary/aromatic N) is 1. The maximum Gasteiger partial charge on any atom is 0.227 e. The Morgan fingerprint density at radius 1 is 1.42 bits per heavy atom. The highest BCUT2D eigenvalue weighted by Gasteiger charge is 2.17. The number of carbonyl (C=O) groups is 1. The lowest BCUT2D eigenvalue weighted by molar-refractivity contribution is -0.120. The predicted octanol–water partition coefficient (Wildman–Crippen LogP) is 2.46. The smallest absolute Gasteiger partial charge is 0.227 e. The summed E-state index contributed by atoms with van der Waals surface area (Å²) in [6.07, 6.45) is 1.57. The van der Waals surface area contributed by atoms with Gasteiger partial charge in [0.1, 0.15) is 0 Å². The summed E-state index contributed by atoms with van der Waals surface area (Å²) in [5, 5.41) is 14.7. The highest BCUT2D eigenvalue weighted by atomic mass is 16.4. The molecule has 1 amide bonds. The fourth-order valence-electron chi connectivity index (χ4n) is 2.06. The summed E-state index contributed by atoms with van der Waals surface area (Å²) in [6, 6.07) is 5.42. The van der Waals surface area contributed by atoms with Crippen molar-refractivity contribution in [3.05, 3.63) is 29.3 Å². The summed E-state index contributed by atoms with van der Waals surface area (Å²) in [5.74, 6) is -0.0683. The molecule has 0 fully saturated rings. The van der Waals surface area contributed by atoms with Crippen molar-refractivity contribution in [2.24, 2.45) is 16.8 Å². The number of amidine groups is 1. The monoisotopic (exact) mass is 263 g/mol. The Bertz CT molecular complexity index is 480. The van der Waals surface area contributed by atoms with Crippen LogP contribution < -0.4 is 11.1 Å². The molecule has 0 aromatic heterocycles. The summed E-state index contributed by atoms with van der Waals surface area (Å²) in [6.45, 7) is 5.81. The zero-order valence-electron chi connectivity index (χ0n) is 11.6. The summed E-state index contributed by atoms with van der Waals surface area (Å²) in [5.41, 5.74) is 7.64. The van der Waals surface area contributed by atoms with Crippen molar-refractivity contribution in [1.82, 2.24) is 0 Å². The topological polar surface area (TPSA) is 87.7 Å². The lowest BCUT2D eigenvalue weighted by Gasteiger charge is -2.16. The first-order valence-corrected chi connectivity index (χ1v) is 6.43. The Morgan fingerprint density at radius 2 is 2.05 bits per heavy atom. The molecule has 0 unspecified atom stereocenters. The number of hydrogen-bond acceptors (Lipinski definition) is 3. The van der Waals surface area contributed by atoms with Crippen LogP contribution in [0.5, 0.6) is 0 Å². The van der Waals surface area contributed by atoms with Crippen LogP contribution in [0.4, 0.5) is 5.69 Å². The van der Waals surface area contributed by atoms with E-state index in [2.05, 4.69) is 10.5 Å². The van der Waals surface area contributed by atoms with Crippen molar-refractivity contribution < 1.29 is 10.0 Å². The van der Waals surface area contributed by atoms with Crippen LogP contribution in [-0.2, 0) is 4.79 Å². The van der Waals surface area contributed by atoms with Crippen LogP contribution in [-0.4, -0.2) is 17.0 Å². The van der Waals surface area contributed by atoms with E-state index in [1.807, 2.05) is 32.9 Å². The molecular weight excluding hydrogens is 242 g/mol. The predicted molar refractivity (Wildman–Crippen MR) is 76.4 cm³/mol. The van der Waals surface area contributed by atoms with E-state index in [9.17, 15) is 4.79 Å². The fraction of sp³-hybridized carbons (Fsp3) is 0.429. The fourth-order valence-corrected chi connectivity index (χ4v) is 2.06. The first-order valence-electron chi connectivity index (χ1n) is 6.43. The maximum atomic E-state index is 12.1. The van der Waals surface area contributed by atoms with E-state index >= 15 is 0 Å². The standard InChI is InChI=1S/C14H21N3O2/c1-4-10(5-2)14(18)16-11-8-6-7-9(3)12(11)13(15)17-19/h6-8,10,19H,4-5H2,1-3H3,(H2,15,17)(H,16,18). The van der Waals surface area contributed by atoms with Crippen molar-refractivity contribution in [1.29, 1.82) is 0 Å². The lowest BCUT2D eigenvalue weighted by Crippen LogP contribution is -2.25. The number of oxime groups is 1. The van der Waals surface area contributed by atoms with Gasteiger partial charge in [0.05, 0.1) is 5.69 Å². The van der Waals surface area contributed by atoms with Gasteiger partial charge in [-0.3, -0.25) is 4.79 Å². The Balaban J connectivity index is 3.08. The van der Waals surface area contributed by atoms with Crippen LogP contribution in [0.25, 0.3) is 0 Å². The molecule has 0 atom stereocenters. The summed E-state index contributed by atoms with van der Waals surface area (Å²) in [7, 11) is 0. The molecule has 1 aromatic rings. The number of benzene rings is 1. The van der Waals surface area contributed by atoms with Gasteiger partial charge in [0.15, 0.2) is 5.84 Å². The zero-order valence-corrected chi connectivity index (χ0v) is 11.6. The van der Waals surface area contributed by atoms with Crippen LogP contribution in [0.1, 0.15) is 37.8 Å². The number of nitrogens with two attached hydrogens (primary N) is 1. The molecule has 0 aliphatic carbocycles. The van der Waals surface area contributed by atoms with E-state index in [4.69, 9.17) is 10.9 Å². The van der Waals surface area contributed by atoms with Gasteiger partial charge in [-0.05, 0) is 31.4 Å². The van der Waals surface area contributed by atoms with Gasteiger partial charge in [0, 0.05) is 11.5 Å². The number of rotatable bonds is 5. The van der Waals surface area contributed by atoms with Gasteiger partial charge in [0.2, 0.25) is 5.91 Å². The molecule has 4 N–H and O–H groups in total. The molecule has 1 aromatic carbocycles. The van der Waals surface area contributed by atoms with Crippen molar-refractivity contribution >= 4 is 17.4 Å². The molecule has 19 heavy (non-hydrogen) atoms. The van der Waals surface area contributed by atoms with Gasteiger partial charge in [-0.1, -0.05) is 31.1 Å². The van der Waals surface area contributed by atoms with Crippen molar-refractivity contribution in [2.45, 2.75) is 33.6 Å². The average molecular weight is 263 g/mol. The van der Waals surface area contributed by atoms with Crippen molar-refractivity contribution in [2.75, 3.05) is 5.32 Å². The van der Waals surface area contributed by atoms with Crippen LogP contribution >= 0.6 is 0 Å². The number of nitrogens with one attached hydrogen (secondary N) is 1. The van der Waals surface area contributed by atoms with Crippen LogP contribution in [0.2, 0.25) is 0 Å². The Morgan fingerprint density at radius 3 is 2.58 bits per heavy atom. The van der Waals surface area contributed by atoms with Gasteiger partial charge >= 0.3 is 0 Å². The highest BCUT2D eigenvalue weighted by Crippen LogP contribution is 2.21. The number of hydrogen-bond donors (Lipinski definition) is 3. The third-order valence-electron chi connectivity index (χ3n) is 3.25. The Hall–Kier alpha value is -2.04. The van der Waals surface area contributed by atoms with Crippen molar-refractivity contribution in [3.8, 4) is 0 Å². The quantitative estimate of drug-likeness (QED) is 0.330. The molecule has 104 valence electrons. The summed E-state index contributed by atoms with van der Waals surface area (Å²) in [4.78, 5) is 12.1. The third-order valence-corrected chi connectivity index (χ3v) is 3.25. The number of amides is 1. The lowest BCUT2D eigenvalue weighted by atomic mass is 10.0. The van der Waals surface area contributed by atoms with E-state index in [1.165, 1.54) is 0 Å². The minimum atomic E-state index is -0.0393. The van der Waals surface area contributed by atoms with Crippen molar-refractivity contribution in [3.63, 3.8) is 0 Å². The number of aryl methyl sites for hydroxylation is 1. The zero-order chi connectivity index (χ0) is 14.4. The highest BCUT2D eigenvalue weighted by molar-refractivity contribution is 6.06. The molecule has 5 nitrogen and oxygen atoms in total. The molecule has 0 aliphatic rings. The average Bonchev–Trinajstić information content (AvgIpc) is 2.39. The van der Waals surface area contributed by atoms with Gasteiger partial charge < -0.3 is 16.3 Å². The second-order valence-corrected chi connectivity index (χ2v) is 4.49. The van der Waals surface area contributed by atoms with E-state index < -0.39 is 0 Å². The van der Waals surface area contributed by atoms with Crippen LogP contribution in [0.3, 0.4) is 0 Å². The molecule has 1 rings (SSSR count). The molecule has 0 spiro atoms. The van der Waals surface area contributed by atoms with E-state index in [1.54, 1.807) is 6.07 Å².